The summed E-state index contributed by atoms with van der Waals surface area (Å²) in [5, 5.41) is 3.62. The number of rotatable bonds is 4. The molecule has 5 N–H and O–H groups in total. The zero-order chi connectivity index (χ0) is 13.2. The van der Waals surface area contributed by atoms with Gasteiger partial charge in [-0.3, -0.25) is 4.79 Å². The van der Waals surface area contributed by atoms with Crippen LogP contribution in [0.25, 0.3) is 0 Å². The molecule has 0 saturated carbocycles. The van der Waals surface area contributed by atoms with Crippen molar-refractivity contribution < 1.29 is 4.79 Å². The predicted molar refractivity (Wildman–Crippen MR) is 70.2 cm³/mol. The van der Waals surface area contributed by atoms with Crippen molar-refractivity contribution in [2.75, 3.05) is 11.1 Å². The van der Waals surface area contributed by atoms with Crippen LogP contribution in [0.5, 0.6) is 0 Å². The van der Waals surface area contributed by atoms with Crippen LogP contribution in [-0.4, -0.2) is 16.4 Å². The van der Waals surface area contributed by atoms with E-state index in [1.54, 1.807) is 13.8 Å². The number of nitrogen functional groups attached to an aromatic ring is 1. The highest BCUT2D eigenvalue weighted by Gasteiger charge is 2.22. The number of nitrogens with two attached hydrogens (primary N) is 2. The van der Waals surface area contributed by atoms with E-state index in [-0.39, 0.29) is 17.3 Å². The van der Waals surface area contributed by atoms with Crippen molar-refractivity contribution in [3.8, 4) is 0 Å². The summed E-state index contributed by atoms with van der Waals surface area (Å²) < 4.78 is 0. The molecule has 1 aromatic rings. The largest absolute Gasteiger partial charge is 0.382 e. The molecule has 1 rings (SSSR count). The molecule has 0 spiro atoms. The van der Waals surface area contributed by atoms with Crippen molar-refractivity contribution in [1.29, 1.82) is 0 Å². The van der Waals surface area contributed by atoms with Crippen LogP contribution in [0.2, 0.25) is 10.0 Å². The molecule has 94 valence electrons. The fraction of sp³-hybridized carbons (Fsp3) is 0.400. The summed E-state index contributed by atoms with van der Waals surface area (Å²) in [6, 6.07) is 1.49. The topological polar surface area (TPSA) is 94.0 Å². The first-order valence-corrected chi connectivity index (χ1v) is 5.65. The Morgan fingerprint density at radius 2 is 2.06 bits per heavy atom. The van der Waals surface area contributed by atoms with E-state index in [0.717, 1.165) is 0 Å². The number of anilines is 2. The Morgan fingerprint density at radius 3 is 2.59 bits per heavy atom. The van der Waals surface area contributed by atoms with Gasteiger partial charge in [0.05, 0.1) is 10.0 Å². The standard InChI is InChI=1S/C10H14Cl2N4O/c1-10(2,4-7(13)17)16-9-6(12)3-5(11)8(14)15-9/h3H,4H2,1-2H3,(H2,13,17)(H3,14,15,16). The zero-order valence-corrected chi connectivity index (χ0v) is 11.1. The average molecular weight is 277 g/mol. The van der Waals surface area contributed by atoms with E-state index in [9.17, 15) is 4.79 Å². The highest BCUT2D eigenvalue weighted by Crippen LogP contribution is 2.29. The normalized spacial score (nSPS) is 11.3. The van der Waals surface area contributed by atoms with Gasteiger partial charge in [-0.05, 0) is 19.9 Å². The first-order valence-electron chi connectivity index (χ1n) is 4.89. The third-order valence-electron chi connectivity index (χ3n) is 2.03. The van der Waals surface area contributed by atoms with Gasteiger partial charge in [-0.25, -0.2) is 4.98 Å². The van der Waals surface area contributed by atoms with Gasteiger partial charge < -0.3 is 16.8 Å². The molecule has 0 aliphatic heterocycles. The molecule has 0 radical (unpaired) electrons. The van der Waals surface area contributed by atoms with Crippen LogP contribution in [0.1, 0.15) is 20.3 Å². The van der Waals surface area contributed by atoms with E-state index in [4.69, 9.17) is 34.7 Å². The third kappa shape index (κ3) is 3.94. The van der Waals surface area contributed by atoms with Crippen LogP contribution in [0.15, 0.2) is 6.07 Å². The van der Waals surface area contributed by atoms with Gasteiger partial charge in [0, 0.05) is 12.0 Å². The summed E-state index contributed by atoms with van der Waals surface area (Å²) >= 11 is 11.7. The lowest BCUT2D eigenvalue weighted by Gasteiger charge is -2.26. The smallest absolute Gasteiger partial charge is 0.219 e. The number of nitrogens with zero attached hydrogens (tertiary/aromatic N) is 1. The summed E-state index contributed by atoms with van der Waals surface area (Å²) in [7, 11) is 0. The van der Waals surface area contributed by atoms with Crippen LogP contribution in [-0.2, 0) is 4.79 Å². The number of nitrogens with one attached hydrogen (secondary N) is 1. The van der Waals surface area contributed by atoms with Crippen LogP contribution >= 0.6 is 23.2 Å². The van der Waals surface area contributed by atoms with Crippen molar-refractivity contribution in [3.63, 3.8) is 0 Å². The highest BCUT2D eigenvalue weighted by molar-refractivity contribution is 6.37. The van der Waals surface area contributed by atoms with Crippen molar-refractivity contribution in [2.24, 2.45) is 5.73 Å². The number of hydrogen-bond acceptors (Lipinski definition) is 4. The van der Waals surface area contributed by atoms with Gasteiger partial charge in [-0.2, -0.15) is 0 Å². The number of hydrogen-bond donors (Lipinski definition) is 3. The monoisotopic (exact) mass is 276 g/mol. The van der Waals surface area contributed by atoms with E-state index in [2.05, 4.69) is 10.3 Å². The number of halogens is 2. The maximum absolute atomic E-state index is 10.9. The van der Waals surface area contributed by atoms with E-state index >= 15 is 0 Å². The molecule has 0 fully saturated rings. The van der Waals surface area contributed by atoms with Crippen molar-refractivity contribution in [3.05, 3.63) is 16.1 Å². The summed E-state index contributed by atoms with van der Waals surface area (Å²) in [6.45, 7) is 3.61. The minimum Gasteiger partial charge on any atom is -0.382 e. The third-order valence-corrected chi connectivity index (χ3v) is 2.62. The van der Waals surface area contributed by atoms with Crippen LogP contribution in [0.4, 0.5) is 11.6 Å². The quantitative estimate of drug-likeness (QED) is 0.784. The first-order chi connectivity index (χ1) is 7.71. The molecule has 1 aromatic heterocycles. The fourth-order valence-corrected chi connectivity index (χ4v) is 1.77. The molecule has 0 unspecified atom stereocenters. The molecule has 7 heteroatoms. The summed E-state index contributed by atoms with van der Waals surface area (Å²) in [6.07, 6.45) is 0.146. The van der Waals surface area contributed by atoms with Gasteiger partial charge in [0.15, 0.2) is 0 Å². The Kier molecular flexibility index (Phi) is 4.06. The van der Waals surface area contributed by atoms with Gasteiger partial charge in [-0.1, -0.05) is 23.2 Å². The lowest BCUT2D eigenvalue weighted by atomic mass is 10.0. The first kappa shape index (κ1) is 13.9. The Labute approximate surface area is 109 Å². The maximum atomic E-state index is 10.9. The van der Waals surface area contributed by atoms with Gasteiger partial charge in [0.25, 0.3) is 0 Å². The molecule has 0 aliphatic rings. The van der Waals surface area contributed by atoms with Gasteiger partial charge in [0.1, 0.15) is 11.6 Å². The van der Waals surface area contributed by atoms with Gasteiger partial charge in [-0.15, -0.1) is 0 Å². The van der Waals surface area contributed by atoms with E-state index in [1.165, 1.54) is 6.07 Å². The fourth-order valence-electron chi connectivity index (χ4n) is 1.37. The summed E-state index contributed by atoms with van der Waals surface area (Å²) in [4.78, 5) is 14.9. The second-order valence-electron chi connectivity index (χ2n) is 4.34. The highest BCUT2D eigenvalue weighted by atomic mass is 35.5. The Bertz CT molecular complexity index is 448. The zero-order valence-electron chi connectivity index (χ0n) is 9.55. The van der Waals surface area contributed by atoms with E-state index < -0.39 is 11.4 Å². The number of carbonyl (C=O) groups excluding carboxylic acids is 1. The maximum Gasteiger partial charge on any atom is 0.219 e. The van der Waals surface area contributed by atoms with E-state index in [1.807, 2.05) is 0 Å². The molecule has 1 heterocycles. The lowest BCUT2D eigenvalue weighted by Crippen LogP contribution is -2.36. The van der Waals surface area contributed by atoms with E-state index in [0.29, 0.717) is 10.8 Å². The predicted octanol–water partition coefficient (Wildman–Crippen LogP) is 2.04. The number of pyridine rings is 1. The van der Waals surface area contributed by atoms with Crippen molar-refractivity contribution in [1.82, 2.24) is 4.98 Å². The Hall–Kier alpha value is -1.20. The minimum absolute atomic E-state index is 0.146. The molecule has 17 heavy (non-hydrogen) atoms. The van der Waals surface area contributed by atoms with Gasteiger partial charge >= 0.3 is 0 Å². The van der Waals surface area contributed by atoms with Crippen LogP contribution in [0, 0.1) is 0 Å². The number of carbonyl (C=O) groups is 1. The number of aromatic nitrogens is 1. The SMILES string of the molecule is CC(C)(CC(N)=O)Nc1nc(N)c(Cl)cc1Cl. The molecule has 1 amide bonds. The van der Waals surface area contributed by atoms with Gasteiger partial charge in [0.2, 0.25) is 5.91 Å². The van der Waals surface area contributed by atoms with Crippen molar-refractivity contribution in [2.45, 2.75) is 25.8 Å². The Balaban J connectivity index is 2.95. The summed E-state index contributed by atoms with van der Waals surface area (Å²) in [5.74, 6) is 0.133. The van der Waals surface area contributed by atoms with Crippen LogP contribution in [0.3, 0.4) is 0 Å². The second kappa shape index (κ2) is 4.98. The second-order valence-corrected chi connectivity index (χ2v) is 5.15. The number of primary amides is 1. The summed E-state index contributed by atoms with van der Waals surface area (Å²) in [5.41, 5.74) is 10.2. The lowest BCUT2D eigenvalue weighted by molar-refractivity contribution is -0.118. The van der Waals surface area contributed by atoms with Crippen LogP contribution < -0.4 is 16.8 Å². The minimum atomic E-state index is -0.567. The number of amides is 1. The molecule has 0 atom stereocenters. The average Bonchev–Trinajstić information content (AvgIpc) is 2.11. The Morgan fingerprint density at radius 1 is 1.47 bits per heavy atom. The molecule has 0 aliphatic carbocycles. The molecule has 0 bridgehead atoms. The molecular formula is C10H14Cl2N4O. The molecule has 0 saturated heterocycles. The molecule has 0 aromatic carbocycles. The molecule has 5 nitrogen and oxygen atoms in total. The molecular weight excluding hydrogens is 263 g/mol. The van der Waals surface area contributed by atoms with Crippen molar-refractivity contribution >= 4 is 40.7 Å².